The van der Waals surface area contributed by atoms with Gasteiger partial charge in [-0.1, -0.05) is 31.4 Å². The fourth-order valence-electron chi connectivity index (χ4n) is 4.53. The van der Waals surface area contributed by atoms with Crippen molar-refractivity contribution < 1.29 is 23.9 Å². The molecule has 2 heterocycles. The van der Waals surface area contributed by atoms with Gasteiger partial charge in [0.1, 0.15) is 6.61 Å². The van der Waals surface area contributed by atoms with Gasteiger partial charge in [0.2, 0.25) is 12.0 Å². The predicted octanol–water partition coefficient (Wildman–Crippen LogP) is 1.52. The minimum Gasteiger partial charge on any atom is -0.485 e. The van der Waals surface area contributed by atoms with Gasteiger partial charge in [0, 0.05) is 32.2 Å². The minimum absolute atomic E-state index is 0.108. The molecule has 0 radical (unpaired) electrons. The zero-order chi connectivity index (χ0) is 22.5. The Kier molecular flexibility index (Phi) is 7.14. The summed E-state index contributed by atoms with van der Waals surface area (Å²) in [5.41, 5.74) is 0. The zero-order valence-corrected chi connectivity index (χ0v) is 18.5. The highest BCUT2D eigenvalue weighted by molar-refractivity contribution is 5.96. The van der Waals surface area contributed by atoms with E-state index in [0.717, 1.165) is 25.7 Å². The molecule has 2 fully saturated rings. The van der Waals surface area contributed by atoms with E-state index in [4.69, 9.17) is 9.47 Å². The number of hydrogen-bond acceptors (Lipinski definition) is 6. The zero-order valence-electron chi connectivity index (χ0n) is 18.5. The van der Waals surface area contributed by atoms with Crippen molar-refractivity contribution in [2.24, 2.45) is 0 Å². The van der Waals surface area contributed by atoms with E-state index in [9.17, 15) is 14.4 Å². The standard InChI is InChI=1S/C23H32N4O5/c1-16(21(28)25-23(30)24-17-7-3-2-4-8-17)26-11-13-27(14-12-26)22(29)20-15-31-18-9-5-6-10-19(18)32-20/h5-6,9-10,16-17,20H,2-4,7-8,11-15H2,1H3,(H2,24,25,28,30). The lowest BCUT2D eigenvalue weighted by Crippen LogP contribution is -2.58. The van der Waals surface area contributed by atoms with E-state index in [2.05, 4.69) is 10.6 Å². The van der Waals surface area contributed by atoms with Gasteiger partial charge in [0.25, 0.3) is 5.91 Å². The van der Waals surface area contributed by atoms with Gasteiger partial charge >= 0.3 is 6.03 Å². The van der Waals surface area contributed by atoms with Crippen LogP contribution in [-0.2, 0) is 9.59 Å². The summed E-state index contributed by atoms with van der Waals surface area (Å²) < 4.78 is 11.5. The lowest BCUT2D eigenvalue weighted by Gasteiger charge is -2.39. The van der Waals surface area contributed by atoms with Gasteiger partial charge in [-0.15, -0.1) is 0 Å². The van der Waals surface area contributed by atoms with E-state index in [0.29, 0.717) is 37.7 Å². The van der Waals surface area contributed by atoms with Gasteiger partial charge in [-0.25, -0.2) is 4.79 Å². The van der Waals surface area contributed by atoms with Gasteiger partial charge in [-0.05, 0) is 31.9 Å². The molecule has 1 saturated heterocycles. The third kappa shape index (κ3) is 5.32. The quantitative estimate of drug-likeness (QED) is 0.730. The lowest BCUT2D eigenvalue weighted by molar-refractivity contribution is -0.143. The summed E-state index contributed by atoms with van der Waals surface area (Å²) in [5.74, 6) is 0.795. The molecule has 1 aliphatic carbocycles. The molecule has 4 amide bonds. The summed E-state index contributed by atoms with van der Waals surface area (Å²) in [6, 6.07) is 6.59. The number of hydrogen-bond donors (Lipinski definition) is 2. The Morgan fingerprint density at radius 2 is 1.69 bits per heavy atom. The number of carbonyl (C=O) groups is 3. The van der Waals surface area contributed by atoms with E-state index in [1.807, 2.05) is 23.1 Å². The van der Waals surface area contributed by atoms with Gasteiger partial charge < -0.3 is 19.7 Å². The van der Waals surface area contributed by atoms with E-state index in [-0.39, 0.29) is 24.5 Å². The highest BCUT2D eigenvalue weighted by Crippen LogP contribution is 2.31. The van der Waals surface area contributed by atoms with E-state index >= 15 is 0 Å². The molecule has 9 heteroatoms. The average Bonchev–Trinajstić information content (AvgIpc) is 2.83. The maximum absolute atomic E-state index is 12.9. The van der Waals surface area contributed by atoms with Crippen LogP contribution in [0.2, 0.25) is 0 Å². The van der Waals surface area contributed by atoms with Gasteiger partial charge in [-0.3, -0.25) is 19.8 Å². The van der Waals surface area contributed by atoms with Gasteiger partial charge in [0.05, 0.1) is 6.04 Å². The van der Waals surface area contributed by atoms with Crippen LogP contribution in [0.15, 0.2) is 24.3 Å². The molecule has 174 valence electrons. The van der Waals surface area contributed by atoms with Crippen LogP contribution in [0.3, 0.4) is 0 Å². The number of benzene rings is 1. The molecule has 2 aliphatic heterocycles. The molecule has 3 aliphatic rings. The normalized spacial score (nSPS) is 22.7. The summed E-state index contributed by atoms with van der Waals surface area (Å²) in [5, 5.41) is 5.38. The lowest BCUT2D eigenvalue weighted by atomic mass is 9.96. The summed E-state index contributed by atoms with van der Waals surface area (Å²) in [6.07, 6.45) is 4.70. The molecule has 32 heavy (non-hydrogen) atoms. The van der Waals surface area contributed by atoms with Crippen LogP contribution < -0.4 is 20.1 Å². The van der Waals surface area contributed by atoms with E-state index in [1.165, 1.54) is 6.42 Å². The van der Waals surface area contributed by atoms with Crippen LogP contribution in [0.25, 0.3) is 0 Å². The maximum atomic E-state index is 12.9. The Morgan fingerprint density at radius 1 is 1.00 bits per heavy atom. The second-order valence-corrected chi connectivity index (χ2v) is 8.70. The first-order valence-electron chi connectivity index (χ1n) is 11.5. The van der Waals surface area contributed by atoms with Crippen molar-refractivity contribution in [3.8, 4) is 11.5 Å². The number of rotatable bonds is 4. The molecule has 0 spiro atoms. The van der Waals surface area contributed by atoms with Crippen molar-refractivity contribution in [2.75, 3.05) is 32.8 Å². The maximum Gasteiger partial charge on any atom is 0.321 e. The highest BCUT2D eigenvalue weighted by atomic mass is 16.6. The number of urea groups is 1. The van der Waals surface area contributed by atoms with Crippen LogP contribution in [-0.4, -0.2) is 78.6 Å². The average molecular weight is 445 g/mol. The Hall–Kier alpha value is -2.81. The monoisotopic (exact) mass is 444 g/mol. The van der Waals surface area contributed by atoms with E-state index < -0.39 is 18.2 Å². The molecule has 1 saturated carbocycles. The first-order valence-corrected chi connectivity index (χ1v) is 11.5. The molecule has 2 atom stereocenters. The number of piperazine rings is 1. The number of amides is 4. The highest BCUT2D eigenvalue weighted by Gasteiger charge is 2.34. The molecule has 0 bridgehead atoms. The Balaban J connectivity index is 1.22. The summed E-state index contributed by atoms with van der Waals surface area (Å²) in [6.45, 7) is 4.06. The van der Waals surface area contributed by atoms with Crippen LogP contribution in [0.5, 0.6) is 11.5 Å². The van der Waals surface area contributed by atoms with Crippen LogP contribution >= 0.6 is 0 Å². The Labute approximate surface area is 188 Å². The molecule has 2 unspecified atom stereocenters. The molecular weight excluding hydrogens is 412 g/mol. The number of carbonyl (C=O) groups excluding carboxylic acids is 3. The number of ether oxygens (including phenoxy) is 2. The second-order valence-electron chi connectivity index (χ2n) is 8.70. The Bertz CT molecular complexity index is 833. The van der Waals surface area contributed by atoms with Crippen molar-refractivity contribution >= 4 is 17.8 Å². The third-order valence-electron chi connectivity index (χ3n) is 6.51. The van der Waals surface area contributed by atoms with Crippen molar-refractivity contribution in [3.05, 3.63) is 24.3 Å². The molecule has 0 aromatic heterocycles. The predicted molar refractivity (Wildman–Crippen MR) is 118 cm³/mol. The Morgan fingerprint density at radius 3 is 2.41 bits per heavy atom. The SMILES string of the molecule is CC(C(=O)NC(=O)NC1CCCCC1)N1CCN(C(=O)C2COc3ccccc3O2)CC1. The van der Waals surface area contributed by atoms with Crippen LogP contribution in [0.4, 0.5) is 4.79 Å². The van der Waals surface area contributed by atoms with Gasteiger partial charge in [-0.2, -0.15) is 0 Å². The summed E-state index contributed by atoms with van der Waals surface area (Å²) >= 11 is 0. The van der Waals surface area contributed by atoms with Gasteiger partial charge in [0.15, 0.2) is 11.5 Å². The number of nitrogens with zero attached hydrogens (tertiary/aromatic N) is 2. The summed E-state index contributed by atoms with van der Waals surface area (Å²) in [4.78, 5) is 41.3. The molecule has 4 rings (SSSR count). The van der Waals surface area contributed by atoms with E-state index in [1.54, 1.807) is 17.9 Å². The second kappa shape index (κ2) is 10.2. The molecule has 1 aromatic rings. The summed E-state index contributed by atoms with van der Waals surface area (Å²) in [7, 11) is 0. The molecule has 1 aromatic carbocycles. The topological polar surface area (TPSA) is 100 Å². The minimum atomic E-state index is -0.666. The fourth-order valence-corrected chi connectivity index (χ4v) is 4.53. The number of imide groups is 1. The van der Waals surface area contributed by atoms with Crippen molar-refractivity contribution in [2.45, 2.75) is 57.2 Å². The molecular formula is C23H32N4O5. The third-order valence-corrected chi connectivity index (χ3v) is 6.51. The fraction of sp³-hybridized carbons (Fsp3) is 0.609. The number of fused-ring (bicyclic) bond motifs is 1. The smallest absolute Gasteiger partial charge is 0.321 e. The first kappa shape index (κ1) is 22.4. The number of para-hydroxylation sites is 2. The van der Waals surface area contributed by atoms with Crippen LogP contribution in [0, 0.1) is 0 Å². The number of nitrogens with one attached hydrogen (secondary N) is 2. The largest absolute Gasteiger partial charge is 0.485 e. The van der Waals surface area contributed by atoms with Crippen molar-refractivity contribution in [1.29, 1.82) is 0 Å². The van der Waals surface area contributed by atoms with Crippen molar-refractivity contribution in [3.63, 3.8) is 0 Å². The molecule has 9 nitrogen and oxygen atoms in total. The van der Waals surface area contributed by atoms with Crippen molar-refractivity contribution in [1.82, 2.24) is 20.4 Å². The first-order chi connectivity index (χ1) is 15.5. The van der Waals surface area contributed by atoms with Crippen LogP contribution in [0.1, 0.15) is 39.0 Å². The molecule has 2 N–H and O–H groups in total.